The minimum Gasteiger partial charge on any atom is -0.497 e. The van der Waals surface area contributed by atoms with Crippen LogP contribution in [0.3, 0.4) is 0 Å². The average Bonchev–Trinajstić information content (AvgIpc) is 3.19. The third-order valence-corrected chi connectivity index (χ3v) is 4.59. The molecule has 0 bridgehead atoms. The number of aromatic nitrogens is 1. The van der Waals surface area contributed by atoms with Crippen molar-refractivity contribution in [2.45, 2.75) is 13.0 Å². The van der Waals surface area contributed by atoms with Crippen LogP contribution in [-0.4, -0.2) is 67.8 Å². The summed E-state index contributed by atoms with van der Waals surface area (Å²) in [7, 11) is 3.54. The van der Waals surface area contributed by atoms with Gasteiger partial charge in [-0.25, -0.2) is 0 Å². The van der Waals surface area contributed by atoms with Crippen molar-refractivity contribution >= 4 is 5.96 Å². The number of ether oxygens (including phenoxy) is 1. The highest BCUT2D eigenvalue weighted by molar-refractivity contribution is 5.80. The molecule has 7 heteroatoms. The highest BCUT2D eigenvalue weighted by Crippen LogP contribution is 2.12. The summed E-state index contributed by atoms with van der Waals surface area (Å²) >= 11 is 0. The summed E-state index contributed by atoms with van der Waals surface area (Å²) in [5, 5.41) is 7.46. The second-order valence-corrected chi connectivity index (χ2v) is 6.33. The molecule has 0 unspecified atom stereocenters. The standard InChI is InChI=1S/C19H27N5O2/c1-20-19(21-8-6-16-4-3-5-18(14-16)25-2)24-11-9-23(10-12-24)15-17-7-13-26-22-17/h3-5,7,13-14H,6,8-12,15H2,1-2H3,(H,20,21). The Morgan fingerprint density at radius 1 is 1.27 bits per heavy atom. The zero-order valence-electron chi connectivity index (χ0n) is 15.5. The first-order valence-corrected chi connectivity index (χ1v) is 8.98. The normalized spacial score (nSPS) is 15.9. The lowest BCUT2D eigenvalue weighted by Gasteiger charge is -2.36. The molecule has 0 spiro atoms. The number of nitrogens with zero attached hydrogens (tertiary/aromatic N) is 4. The van der Waals surface area contributed by atoms with Crippen LogP contribution in [0.1, 0.15) is 11.3 Å². The largest absolute Gasteiger partial charge is 0.497 e. The van der Waals surface area contributed by atoms with Gasteiger partial charge in [-0.05, 0) is 24.1 Å². The minimum absolute atomic E-state index is 0.839. The molecule has 0 saturated carbocycles. The first kappa shape index (κ1) is 18.3. The summed E-state index contributed by atoms with van der Waals surface area (Å²) in [4.78, 5) is 9.14. The molecule has 1 aliphatic rings. The van der Waals surface area contributed by atoms with E-state index in [4.69, 9.17) is 9.26 Å². The molecule has 1 aromatic heterocycles. The molecule has 0 aliphatic carbocycles. The molecule has 2 aromatic rings. The maximum Gasteiger partial charge on any atom is 0.193 e. The molecule has 26 heavy (non-hydrogen) atoms. The Kier molecular flexibility index (Phi) is 6.49. The van der Waals surface area contributed by atoms with Crippen molar-refractivity contribution in [1.82, 2.24) is 20.3 Å². The van der Waals surface area contributed by atoms with Crippen molar-refractivity contribution in [1.29, 1.82) is 0 Å². The van der Waals surface area contributed by atoms with Gasteiger partial charge in [-0.3, -0.25) is 9.89 Å². The van der Waals surface area contributed by atoms with E-state index in [1.807, 2.05) is 25.2 Å². The lowest BCUT2D eigenvalue weighted by molar-refractivity contribution is 0.169. The van der Waals surface area contributed by atoms with E-state index in [9.17, 15) is 0 Å². The Labute approximate surface area is 154 Å². The summed E-state index contributed by atoms with van der Waals surface area (Å²) in [6.07, 6.45) is 2.56. The Morgan fingerprint density at radius 2 is 2.12 bits per heavy atom. The number of methoxy groups -OCH3 is 1. The quantitative estimate of drug-likeness (QED) is 0.626. The van der Waals surface area contributed by atoms with Gasteiger partial charge in [0.2, 0.25) is 0 Å². The van der Waals surface area contributed by atoms with Gasteiger partial charge in [0, 0.05) is 52.4 Å². The highest BCUT2D eigenvalue weighted by Gasteiger charge is 2.20. The van der Waals surface area contributed by atoms with Crippen molar-refractivity contribution in [3.63, 3.8) is 0 Å². The lowest BCUT2D eigenvalue weighted by Crippen LogP contribution is -2.52. The fourth-order valence-corrected chi connectivity index (χ4v) is 3.14. The number of rotatable bonds is 6. The Bertz CT molecular complexity index is 694. The number of aliphatic imine (C=N–C) groups is 1. The fraction of sp³-hybridized carbons (Fsp3) is 0.474. The van der Waals surface area contributed by atoms with Crippen LogP contribution in [0.2, 0.25) is 0 Å². The van der Waals surface area contributed by atoms with Crippen LogP contribution >= 0.6 is 0 Å². The summed E-state index contributed by atoms with van der Waals surface area (Å²) in [6, 6.07) is 10.1. The van der Waals surface area contributed by atoms with E-state index in [-0.39, 0.29) is 0 Å². The van der Waals surface area contributed by atoms with Gasteiger partial charge in [0.1, 0.15) is 12.0 Å². The predicted octanol–water partition coefficient (Wildman–Crippen LogP) is 1.62. The summed E-state index contributed by atoms with van der Waals surface area (Å²) in [5.41, 5.74) is 2.24. The number of hydrogen-bond donors (Lipinski definition) is 1. The van der Waals surface area contributed by atoms with Crippen molar-refractivity contribution in [3.8, 4) is 5.75 Å². The van der Waals surface area contributed by atoms with Gasteiger partial charge in [-0.1, -0.05) is 17.3 Å². The van der Waals surface area contributed by atoms with Crippen LogP contribution in [0.5, 0.6) is 5.75 Å². The molecule has 0 amide bonds. The third kappa shape index (κ3) is 4.98. The molecule has 3 rings (SSSR count). The average molecular weight is 357 g/mol. The highest BCUT2D eigenvalue weighted by atomic mass is 16.5. The smallest absolute Gasteiger partial charge is 0.193 e. The molecule has 0 radical (unpaired) electrons. The SMILES string of the molecule is CN=C(NCCc1cccc(OC)c1)N1CCN(Cc2ccon2)CC1. The van der Waals surface area contributed by atoms with Crippen molar-refractivity contribution in [2.24, 2.45) is 4.99 Å². The molecule has 7 nitrogen and oxygen atoms in total. The summed E-state index contributed by atoms with van der Waals surface area (Å²) < 4.78 is 10.2. The van der Waals surface area contributed by atoms with E-state index in [1.54, 1.807) is 13.4 Å². The second kappa shape index (κ2) is 9.24. The van der Waals surface area contributed by atoms with Crippen molar-refractivity contribution in [2.75, 3.05) is 46.9 Å². The number of piperazine rings is 1. The zero-order chi connectivity index (χ0) is 18.2. The minimum atomic E-state index is 0.839. The van der Waals surface area contributed by atoms with Crippen molar-refractivity contribution < 1.29 is 9.26 Å². The van der Waals surface area contributed by atoms with Gasteiger partial charge in [0.05, 0.1) is 12.8 Å². The molecular formula is C19H27N5O2. The van der Waals surface area contributed by atoms with E-state index in [0.29, 0.717) is 0 Å². The maximum atomic E-state index is 5.28. The van der Waals surface area contributed by atoms with Gasteiger partial charge < -0.3 is 19.5 Å². The topological polar surface area (TPSA) is 66.1 Å². The third-order valence-electron chi connectivity index (χ3n) is 4.59. The van der Waals surface area contributed by atoms with E-state index in [1.165, 1.54) is 5.56 Å². The Morgan fingerprint density at radius 3 is 2.81 bits per heavy atom. The predicted molar refractivity (Wildman–Crippen MR) is 101 cm³/mol. The number of hydrogen-bond acceptors (Lipinski definition) is 5. The lowest BCUT2D eigenvalue weighted by atomic mass is 10.1. The summed E-state index contributed by atoms with van der Waals surface area (Å²) in [5.74, 6) is 1.86. The summed E-state index contributed by atoms with van der Waals surface area (Å²) in [6.45, 7) is 5.57. The van der Waals surface area contributed by atoms with Crippen LogP contribution in [0, 0.1) is 0 Å². The Balaban J connectivity index is 1.43. The molecule has 0 atom stereocenters. The van der Waals surface area contributed by atoms with Crippen LogP contribution in [-0.2, 0) is 13.0 Å². The van der Waals surface area contributed by atoms with E-state index in [2.05, 4.69) is 37.4 Å². The molecular weight excluding hydrogens is 330 g/mol. The molecule has 1 fully saturated rings. The maximum absolute atomic E-state index is 5.28. The van der Waals surface area contributed by atoms with E-state index < -0.39 is 0 Å². The van der Waals surface area contributed by atoms with Gasteiger partial charge in [0.25, 0.3) is 0 Å². The first-order valence-electron chi connectivity index (χ1n) is 8.98. The van der Waals surface area contributed by atoms with Gasteiger partial charge >= 0.3 is 0 Å². The monoisotopic (exact) mass is 357 g/mol. The van der Waals surface area contributed by atoms with Crippen LogP contribution in [0.25, 0.3) is 0 Å². The van der Waals surface area contributed by atoms with Crippen LogP contribution in [0.15, 0.2) is 46.1 Å². The van der Waals surface area contributed by atoms with Gasteiger partial charge in [-0.2, -0.15) is 0 Å². The van der Waals surface area contributed by atoms with Gasteiger partial charge in [0.15, 0.2) is 5.96 Å². The molecule has 2 heterocycles. The molecule has 1 saturated heterocycles. The van der Waals surface area contributed by atoms with Crippen LogP contribution < -0.4 is 10.1 Å². The molecule has 1 aliphatic heterocycles. The molecule has 140 valence electrons. The number of guanidine groups is 1. The number of nitrogens with one attached hydrogen (secondary N) is 1. The zero-order valence-corrected chi connectivity index (χ0v) is 15.5. The second-order valence-electron chi connectivity index (χ2n) is 6.33. The van der Waals surface area contributed by atoms with Gasteiger partial charge in [-0.15, -0.1) is 0 Å². The molecule has 1 aromatic carbocycles. The van der Waals surface area contributed by atoms with Crippen LogP contribution in [0.4, 0.5) is 0 Å². The van der Waals surface area contributed by atoms with E-state index in [0.717, 1.165) is 63.1 Å². The Hall–Kier alpha value is -2.54. The van der Waals surface area contributed by atoms with Crippen molar-refractivity contribution in [3.05, 3.63) is 47.9 Å². The first-order chi connectivity index (χ1) is 12.8. The van der Waals surface area contributed by atoms with E-state index >= 15 is 0 Å². The number of benzene rings is 1. The fourth-order valence-electron chi connectivity index (χ4n) is 3.14. The molecule has 1 N–H and O–H groups in total.